The van der Waals surface area contributed by atoms with Crippen molar-refractivity contribution >= 4 is 5.97 Å². The summed E-state index contributed by atoms with van der Waals surface area (Å²) in [6, 6.07) is 2.83. The molecule has 1 atom stereocenters. The predicted octanol–water partition coefficient (Wildman–Crippen LogP) is 0.930. The van der Waals surface area contributed by atoms with E-state index in [1.54, 1.807) is 23.9 Å². The highest BCUT2D eigenvalue weighted by atomic mass is 16.6. The smallest absolute Gasteiger partial charge is 0.304 e. The molecule has 0 aliphatic rings. The van der Waals surface area contributed by atoms with Crippen LogP contribution < -0.4 is 5.43 Å². The van der Waals surface area contributed by atoms with Crippen LogP contribution in [0.25, 0.3) is 0 Å². The number of ether oxygens (including phenoxy) is 1. The van der Waals surface area contributed by atoms with Gasteiger partial charge in [-0.05, 0) is 6.92 Å². The zero-order valence-electron chi connectivity index (χ0n) is 7.56. The molecular weight excluding hydrogens is 170 g/mol. The first-order valence-corrected chi connectivity index (χ1v) is 3.94. The van der Waals surface area contributed by atoms with Gasteiger partial charge >= 0.3 is 5.97 Å². The van der Waals surface area contributed by atoms with Gasteiger partial charge in [0.1, 0.15) is 0 Å². The van der Waals surface area contributed by atoms with Crippen molar-refractivity contribution in [1.29, 1.82) is 0 Å². The van der Waals surface area contributed by atoms with Gasteiger partial charge in [0, 0.05) is 31.5 Å². The summed E-state index contributed by atoms with van der Waals surface area (Å²) in [5.41, 5.74) is -0.0636. The summed E-state index contributed by atoms with van der Waals surface area (Å²) in [6.45, 7) is 3.07. The lowest BCUT2D eigenvalue weighted by atomic mass is 10.4. The van der Waals surface area contributed by atoms with Gasteiger partial charge in [0.15, 0.2) is 11.7 Å². The number of aromatic nitrogens is 1. The average molecular weight is 181 g/mol. The van der Waals surface area contributed by atoms with Crippen LogP contribution in [-0.2, 0) is 9.53 Å². The number of rotatable bonds is 2. The highest BCUT2D eigenvalue weighted by Gasteiger charge is 2.04. The molecule has 0 saturated heterocycles. The Morgan fingerprint density at radius 3 is 2.46 bits per heavy atom. The van der Waals surface area contributed by atoms with Crippen molar-refractivity contribution in [2.45, 2.75) is 20.1 Å². The standard InChI is InChI=1S/C9H11NO3/c1-7(13-8(2)11)10-5-3-9(12)4-6-10/h3-7H,1-2H3. The Morgan fingerprint density at radius 2 is 2.00 bits per heavy atom. The SMILES string of the molecule is CC(=O)OC(C)n1ccc(=O)cc1. The molecule has 1 rings (SSSR count). The summed E-state index contributed by atoms with van der Waals surface area (Å²) in [4.78, 5) is 21.3. The molecule has 1 aromatic rings. The number of hydrogen-bond acceptors (Lipinski definition) is 3. The third-order valence-electron chi connectivity index (χ3n) is 1.58. The fraction of sp³-hybridized carbons (Fsp3) is 0.333. The summed E-state index contributed by atoms with van der Waals surface area (Å²) in [5, 5.41) is 0. The van der Waals surface area contributed by atoms with Gasteiger partial charge in [0.25, 0.3) is 0 Å². The minimum absolute atomic E-state index is 0.0636. The second kappa shape index (κ2) is 3.89. The second-order valence-electron chi connectivity index (χ2n) is 2.69. The van der Waals surface area contributed by atoms with E-state index in [0.717, 1.165) is 0 Å². The van der Waals surface area contributed by atoms with Gasteiger partial charge in [-0.2, -0.15) is 0 Å². The van der Waals surface area contributed by atoms with Crippen LogP contribution in [0.3, 0.4) is 0 Å². The highest BCUT2D eigenvalue weighted by Crippen LogP contribution is 2.05. The average Bonchev–Trinajstić information content (AvgIpc) is 2.04. The number of esters is 1. The van der Waals surface area contributed by atoms with Gasteiger partial charge in [-0.25, -0.2) is 0 Å². The first kappa shape index (κ1) is 9.51. The van der Waals surface area contributed by atoms with Crippen LogP contribution >= 0.6 is 0 Å². The molecule has 0 N–H and O–H groups in total. The molecule has 13 heavy (non-hydrogen) atoms. The molecule has 0 fully saturated rings. The topological polar surface area (TPSA) is 48.3 Å². The molecule has 0 aromatic carbocycles. The molecule has 0 amide bonds. The van der Waals surface area contributed by atoms with Crippen molar-refractivity contribution in [1.82, 2.24) is 4.57 Å². The molecule has 0 aliphatic carbocycles. The molecule has 1 heterocycles. The van der Waals surface area contributed by atoms with Gasteiger partial charge in [0.2, 0.25) is 0 Å². The minimum Gasteiger partial charge on any atom is -0.442 e. The Morgan fingerprint density at radius 1 is 1.46 bits per heavy atom. The van der Waals surface area contributed by atoms with E-state index in [4.69, 9.17) is 4.74 Å². The summed E-state index contributed by atoms with van der Waals surface area (Å²) >= 11 is 0. The van der Waals surface area contributed by atoms with Crippen LogP contribution in [0.1, 0.15) is 20.1 Å². The fourth-order valence-electron chi connectivity index (χ4n) is 0.968. The number of nitrogens with zero attached hydrogens (tertiary/aromatic N) is 1. The van der Waals surface area contributed by atoms with Crippen molar-refractivity contribution in [2.24, 2.45) is 0 Å². The molecule has 1 unspecified atom stereocenters. The van der Waals surface area contributed by atoms with Crippen molar-refractivity contribution in [3.8, 4) is 0 Å². The molecular formula is C9H11NO3. The van der Waals surface area contributed by atoms with Crippen LogP contribution in [0.5, 0.6) is 0 Å². The molecule has 4 nitrogen and oxygen atoms in total. The molecule has 0 aliphatic heterocycles. The Bertz CT molecular complexity index is 336. The molecule has 0 saturated carbocycles. The van der Waals surface area contributed by atoms with E-state index in [1.165, 1.54) is 19.1 Å². The number of carbonyl (C=O) groups is 1. The van der Waals surface area contributed by atoms with E-state index in [1.807, 2.05) is 0 Å². The Kier molecular flexibility index (Phi) is 2.84. The summed E-state index contributed by atoms with van der Waals surface area (Å²) in [5.74, 6) is -0.341. The molecule has 0 radical (unpaired) electrons. The van der Waals surface area contributed by atoms with E-state index in [-0.39, 0.29) is 17.6 Å². The van der Waals surface area contributed by atoms with Crippen LogP contribution in [0.4, 0.5) is 0 Å². The van der Waals surface area contributed by atoms with E-state index < -0.39 is 0 Å². The van der Waals surface area contributed by atoms with E-state index in [9.17, 15) is 9.59 Å². The van der Waals surface area contributed by atoms with Crippen molar-refractivity contribution < 1.29 is 9.53 Å². The number of carbonyl (C=O) groups excluding carboxylic acids is 1. The molecule has 1 aromatic heterocycles. The van der Waals surface area contributed by atoms with Crippen molar-refractivity contribution in [3.05, 3.63) is 34.7 Å². The molecule has 0 bridgehead atoms. The Labute approximate surface area is 75.8 Å². The van der Waals surface area contributed by atoms with Crippen LogP contribution in [0.2, 0.25) is 0 Å². The number of pyridine rings is 1. The lowest BCUT2D eigenvalue weighted by Crippen LogP contribution is -2.13. The number of hydrogen-bond donors (Lipinski definition) is 0. The predicted molar refractivity (Wildman–Crippen MR) is 47.2 cm³/mol. The zero-order valence-corrected chi connectivity index (χ0v) is 7.56. The highest BCUT2D eigenvalue weighted by molar-refractivity contribution is 5.65. The largest absolute Gasteiger partial charge is 0.442 e. The first-order chi connectivity index (χ1) is 6.09. The van der Waals surface area contributed by atoms with Crippen LogP contribution in [0, 0.1) is 0 Å². The lowest BCUT2D eigenvalue weighted by molar-refractivity contribution is -0.149. The van der Waals surface area contributed by atoms with Crippen LogP contribution in [-0.4, -0.2) is 10.5 Å². The van der Waals surface area contributed by atoms with E-state index in [0.29, 0.717) is 0 Å². The Hall–Kier alpha value is -1.58. The van der Waals surface area contributed by atoms with Crippen LogP contribution in [0.15, 0.2) is 29.3 Å². The molecule has 0 spiro atoms. The maximum Gasteiger partial charge on any atom is 0.304 e. The summed E-state index contributed by atoms with van der Waals surface area (Å²) in [6.07, 6.45) is 2.78. The first-order valence-electron chi connectivity index (χ1n) is 3.94. The maximum absolute atomic E-state index is 10.7. The summed E-state index contributed by atoms with van der Waals surface area (Å²) in [7, 11) is 0. The molecule has 4 heteroatoms. The third-order valence-corrected chi connectivity index (χ3v) is 1.58. The van der Waals surface area contributed by atoms with Crippen molar-refractivity contribution in [3.63, 3.8) is 0 Å². The quantitative estimate of drug-likeness (QED) is 0.638. The minimum atomic E-state index is -0.377. The normalized spacial score (nSPS) is 12.2. The van der Waals surface area contributed by atoms with E-state index in [2.05, 4.69) is 0 Å². The van der Waals surface area contributed by atoms with Gasteiger partial charge < -0.3 is 9.30 Å². The monoisotopic (exact) mass is 181 g/mol. The molecule has 70 valence electrons. The third kappa shape index (κ3) is 2.74. The van der Waals surface area contributed by atoms with Gasteiger partial charge in [0.05, 0.1) is 0 Å². The van der Waals surface area contributed by atoms with Gasteiger partial charge in [-0.15, -0.1) is 0 Å². The summed E-state index contributed by atoms with van der Waals surface area (Å²) < 4.78 is 6.54. The van der Waals surface area contributed by atoms with Gasteiger partial charge in [-0.1, -0.05) is 0 Å². The van der Waals surface area contributed by atoms with Crippen molar-refractivity contribution in [2.75, 3.05) is 0 Å². The Balaban J connectivity index is 2.77. The zero-order chi connectivity index (χ0) is 9.84. The van der Waals surface area contributed by atoms with Gasteiger partial charge in [-0.3, -0.25) is 9.59 Å². The van der Waals surface area contributed by atoms with E-state index >= 15 is 0 Å². The lowest BCUT2D eigenvalue weighted by Gasteiger charge is -2.14. The fourth-order valence-corrected chi connectivity index (χ4v) is 0.968. The maximum atomic E-state index is 10.7. The second-order valence-corrected chi connectivity index (χ2v) is 2.69.